The van der Waals surface area contributed by atoms with Crippen LogP contribution in [0.2, 0.25) is 0 Å². The minimum atomic E-state index is -2.99. The molecule has 18 heavy (non-hydrogen) atoms. The molecule has 0 saturated carbocycles. The zero-order valence-electron chi connectivity index (χ0n) is 10.5. The predicted molar refractivity (Wildman–Crippen MR) is 69.0 cm³/mol. The maximum absolute atomic E-state index is 11.8. The molecule has 1 aromatic rings. The van der Waals surface area contributed by atoms with Crippen molar-refractivity contribution in [3.8, 4) is 0 Å². The average molecular weight is 274 g/mol. The molecule has 0 aromatic carbocycles. The van der Waals surface area contributed by atoms with Crippen LogP contribution in [0.5, 0.6) is 0 Å². The molecule has 1 amide bonds. The van der Waals surface area contributed by atoms with Gasteiger partial charge in [0, 0.05) is 19.3 Å². The fourth-order valence-corrected chi connectivity index (χ4v) is 2.18. The number of sulfone groups is 1. The number of carbonyl (C=O) groups is 1. The van der Waals surface area contributed by atoms with Crippen molar-refractivity contribution in [3.05, 3.63) is 11.9 Å². The van der Waals surface area contributed by atoms with Gasteiger partial charge in [-0.2, -0.15) is 5.10 Å². The fraction of sp³-hybridized carbons (Fsp3) is 0.600. The van der Waals surface area contributed by atoms with Crippen LogP contribution in [0.4, 0.5) is 5.69 Å². The van der Waals surface area contributed by atoms with Crippen LogP contribution in [-0.2, 0) is 16.4 Å². The van der Waals surface area contributed by atoms with Crippen LogP contribution in [0.3, 0.4) is 0 Å². The van der Waals surface area contributed by atoms with E-state index in [1.807, 2.05) is 6.92 Å². The van der Waals surface area contributed by atoms with Crippen molar-refractivity contribution in [3.63, 3.8) is 0 Å². The number of nitrogen functional groups attached to an aromatic ring is 1. The second-order valence-corrected chi connectivity index (χ2v) is 6.26. The first-order chi connectivity index (χ1) is 8.35. The Bertz CT molecular complexity index is 521. The molecule has 0 saturated heterocycles. The van der Waals surface area contributed by atoms with E-state index in [2.05, 4.69) is 10.4 Å². The van der Waals surface area contributed by atoms with Gasteiger partial charge in [-0.05, 0) is 13.3 Å². The van der Waals surface area contributed by atoms with E-state index in [4.69, 9.17) is 5.73 Å². The maximum atomic E-state index is 11.8. The smallest absolute Gasteiger partial charge is 0.271 e. The van der Waals surface area contributed by atoms with Crippen molar-refractivity contribution in [1.82, 2.24) is 15.1 Å². The predicted octanol–water partition coefficient (Wildman–Crippen LogP) is -0.350. The zero-order chi connectivity index (χ0) is 13.8. The number of aromatic nitrogens is 2. The lowest BCUT2D eigenvalue weighted by atomic mass is 10.3. The number of hydrogen-bond acceptors (Lipinski definition) is 5. The van der Waals surface area contributed by atoms with Crippen LogP contribution in [0.1, 0.15) is 23.8 Å². The van der Waals surface area contributed by atoms with Gasteiger partial charge in [0.2, 0.25) is 0 Å². The Balaban J connectivity index is 2.53. The molecule has 7 nitrogen and oxygen atoms in total. The van der Waals surface area contributed by atoms with Crippen molar-refractivity contribution in [1.29, 1.82) is 0 Å². The van der Waals surface area contributed by atoms with Crippen molar-refractivity contribution in [2.45, 2.75) is 19.9 Å². The van der Waals surface area contributed by atoms with Gasteiger partial charge in [-0.1, -0.05) is 0 Å². The summed E-state index contributed by atoms with van der Waals surface area (Å²) in [4.78, 5) is 11.8. The van der Waals surface area contributed by atoms with Gasteiger partial charge in [0.25, 0.3) is 5.91 Å². The van der Waals surface area contributed by atoms with Crippen molar-refractivity contribution >= 4 is 21.4 Å². The van der Waals surface area contributed by atoms with E-state index < -0.39 is 9.84 Å². The molecule has 0 radical (unpaired) electrons. The Morgan fingerprint density at radius 1 is 1.56 bits per heavy atom. The van der Waals surface area contributed by atoms with E-state index >= 15 is 0 Å². The summed E-state index contributed by atoms with van der Waals surface area (Å²) in [5.41, 5.74) is 6.28. The molecule has 102 valence electrons. The van der Waals surface area contributed by atoms with E-state index in [9.17, 15) is 13.2 Å². The summed E-state index contributed by atoms with van der Waals surface area (Å²) in [6.45, 7) is 2.69. The molecule has 1 aromatic heterocycles. The van der Waals surface area contributed by atoms with Crippen LogP contribution in [0, 0.1) is 0 Å². The molecule has 0 atom stereocenters. The number of nitrogens with zero attached hydrogens (tertiary/aromatic N) is 2. The lowest BCUT2D eigenvalue weighted by molar-refractivity contribution is 0.0944. The molecule has 1 rings (SSSR count). The van der Waals surface area contributed by atoms with E-state index in [0.29, 0.717) is 30.9 Å². The third-order valence-electron chi connectivity index (χ3n) is 2.36. The first kappa shape index (κ1) is 14.5. The van der Waals surface area contributed by atoms with Crippen LogP contribution >= 0.6 is 0 Å². The monoisotopic (exact) mass is 274 g/mol. The molecule has 8 heteroatoms. The largest absolute Gasteiger partial charge is 0.396 e. The molecule has 0 aliphatic heterocycles. The summed E-state index contributed by atoms with van der Waals surface area (Å²) in [5, 5.41) is 6.59. The minimum Gasteiger partial charge on any atom is -0.396 e. The molecule has 1 heterocycles. The molecule has 0 spiro atoms. The molecular weight excluding hydrogens is 256 g/mol. The van der Waals surface area contributed by atoms with Crippen LogP contribution < -0.4 is 11.1 Å². The third kappa shape index (κ3) is 4.02. The van der Waals surface area contributed by atoms with Gasteiger partial charge in [-0.3, -0.25) is 9.48 Å². The van der Waals surface area contributed by atoms with Crippen LogP contribution in [-0.4, -0.2) is 42.7 Å². The van der Waals surface area contributed by atoms with Crippen molar-refractivity contribution < 1.29 is 13.2 Å². The van der Waals surface area contributed by atoms with Crippen molar-refractivity contribution in [2.75, 3.05) is 24.3 Å². The van der Waals surface area contributed by atoms with E-state index in [1.54, 1.807) is 0 Å². The quantitative estimate of drug-likeness (QED) is 0.689. The first-order valence-electron chi connectivity index (χ1n) is 5.62. The summed E-state index contributed by atoms with van der Waals surface area (Å²) in [7, 11) is -2.99. The molecule has 0 unspecified atom stereocenters. The Labute approximate surface area is 106 Å². The maximum Gasteiger partial charge on any atom is 0.271 e. The number of rotatable bonds is 6. The second kappa shape index (κ2) is 5.85. The van der Waals surface area contributed by atoms with Crippen LogP contribution in [0.15, 0.2) is 6.20 Å². The van der Waals surface area contributed by atoms with E-state index in [-0.39, 0.29) is 11.7 Å². The van der Waals surface area contributed by atoms with Gasteiger partial charge in [0.05, 0.1) is 17.6 Å². The molecular formula is C10H18N4O3S. The number of aryl methyl sites for hydroxylation is 1. The molecule has 3 N–H and O–H groups in total. The third-order valence-corrected chi connectivity index (χ3v) is 3.39. The lowest BCUT2D eigenvalue weighted by Gasteiger charge is -2.07. The highest BCUT2D eigenvalue weighted by Crippen LogP contribution is 2.10. The summed E-state index contributed by atoms with van der Waals surface area (Å²) in [6.07, 6.45) is 2.97. The standard InChI is InChI=1S/C10H18N4O3S/c1-3-14-9(8(11)7-13-14)10(15)12-5-4-6-18(2,16)17/h7H,3-6,11H2,1-2H3,(H,12,15). The highest BCUT2D eigenvalue weighted by Gasteiger charge is 2.15. The average Bonchev–Trinajstić information content (AvgIpc) is 2.64. The highest BCUT2D eigenvalue weighted by molar-refractivity contribution is 7.90. The number of amides is 1. The number of anilines is 1. The molecule has 0 bridgehead atoms. The summed E-state index contributed by atoms with van der Waals surface area (Å²) >= 11 is 0. The Hall–Kier alpha value is -1.57. The number of nitrogens with two attached hydrogens (primary N) is 1. The fourth-order valence-electron chi connectivity index (χ4n) is 1.51. The Morgan fingerprint density at radius 3 is 2.78 bits per heavy atom. The van der Waals surface area contributed by atoms with Gasteiger partial charge in [0.1, 0.15) is 15.5 Å². The number of carbonyl (C=O) groups excluding carboxylic acids is 1. The van der Waals surface area contributed by atoms with Gasteiger partial charge in [-0.25, -0.2) is 8.42 Å². The topological polar surface area (TPSA) is 107 Å². The van der Waals surface area contributed by atoms with E-state index in [1.165, 1.54) is 17.1 Å². The normalized spacial score (nSPS) is 11.4. The van der Waals surface area contributed by atoms with E-state index in [0.717, 1.165) is 0 Å². The Kier molecular flexibility index (Phi) is 4.71. The van der Waals surface area contributed by atoms with Gasteiger partial charge >= 0.3 is 0 Å². The zero-order valence-corrected chi connectivity index (χ0v) is 11.3. The lowest BCUT2D eigenvalue weighted by Crippen LogP contribution is -2.28. The minimum absolute atomic E-state index is 0.0514. The summed E-state index contributed by atoms with van der Waals surface area (Å²) in [6, 6.07) is 0. The molecule has 0 fully saturated rings. The summed E-state index contributed by atoms with van der Waals surface area (Å²) in [5.74, 6) is -0.282. The Morgan fingerprint density at radius 2 is 2.22 bits per heavy atom. The number of nitrogens with one attached hydrogen (secondary N) is 1. The van der Waals surface area contributed by atoms with Gasteiger partial charge in [-0.15, -0.1) is 0 Å². The van der Waals surface area contributed by atoms with Gasteiger partial charge in [0.15, 0.2) is 0 Å². The van der Waals surface area contributed by atoms with Crippen molar-refractivity contribution in [2.24, 2.45) is 0 Å². The van der Waals surface area contributed by atoms with Gasteiger partial charge < -0.3 is 11.1 Å². The second-order valence-electron chi connectivity index (χ2n) is 4.00. The SMILES string of the molecule is CCn1ncc(N)c1C(=O)NCCCS(C)(=O)=O. The van der Waals surface area contributed by atoms with Crippen LogP contribution in [0.25, 0.3) is 0 Å². The molecule has 0 aliphatic carbocycles. The first-order valence-corrected chi connectivity index (χ1v) is 7.68. The number of hydrogen-bond donors (Lipinski definition) is 2. The highest BCUT2D eigenvalue weighted by atomic mass is 32.2. The molecule has 0 aliphatic rings. The summed E-state index contributed by atoms with van der Waals surface area (Å²) < 4.78 is 23.3.